The zero-order valence-electron chi connectivity index (χ0n) is 10.8. The molecule has 1 atom stereocenters. The van der Waals surface area contributed by atoms with Crippen LogP contribution in [-0.2, 0) is 0 Å². The number of aryl methyl sites for hydroxylation is 1. The summed E-state index contributed by atoms with van der Waals surface area (Å²) in [6, 6.07) is 5.51. The summed E-state index contributed by atoms with van der Waals surface area (Å²) in [5.41, 5.74) is 0.713. The van der Waals surface area contributed by atoms with E-state index in [1.807, 2.05) is 19.1 Å². The number of hydrogen-bond acceptors (Lipinski definition) is 2. The van der Waals surface area contributed by atoms with Gasteiger partial charge in [0.2, 0.25) is 0 Å². The molecule has 1 saturated carbocycles. The SMILES string of the molecule is Cc1ccc(C(O)C2(O)CCCCCC2)cc1Cl. The Bertz CT molecular complexity index is 409. The quantitative estimate of drug-likeness (QED) is 0.802. The van der Waals surface area contributed by atoms with Gasteiger partial charge in [-0.25, -0.2) is 0 Å². The van der Waals surface area contributed by atoms with Crippen LogP contribution in [0, 0.1) is 6.92 Å². The first kappa shape index (κ1) is 13.9. The summed E-state index contributed by atoms with van der Waals surface area (Å²) in [6.45, 7) is 1.93. The third-order valence-electron chi connectivity index (χ3n) is 3.99. The minimum absolute atomic E-state index is 0.642. The smallest absolute Gasteiger partial charge is 0.108 e. The van der Waals surface area contributed by atoms with Crippen molar-refractivity contribution in [1.29, 1.82) is 0 Å². The van der Waals surface area contributed by atoms with Gasteiger partial charge in [-0.1, -0.05) is 49.4 Å². The predicted molar refractivity (Wildman–Crippen MR) is 73.8 cm³/mol. The van der Waals surface area contributed by atoms with Crippen LogP contribution < -0.4 is 0 Å². The van der Waals surface area contributed by atoms with E-state index in [9.17, 15) is 10.2 Å². The van der Waals surface area contributed by atoms with Crippen molar-refractivity contribution in [2.75, 3.05) is 0 Å². The average Bonchev–Trinajstić information content (AvgIpc) is 2.58. The number of hydrogen-bond donors (Lipinski definition) is 2. The molecule has 1 aliphatic carbocycles. The van der Waals surface area contributed by atoms with Gasteiger partial charge in [-0.15, -0.1) is 0 Å². The molecule has 1 aromatic carbocycles. The van der Waals surface area contributed by atoms with E-state index in [-0.39, 0.29) is 0 Å². The van der Waals surface area contributed by atoms with Gasteiger partial charge < -0.3 is 10.2 Å². The highest BCUT2D eigenvalue weighted by Gasteiger charge is 2.36. The Labute approximate surface area is 114 Å². The fourth-order valence-corrected chi connectivity index (χ4v) is 2.89. The van der Waals surface area contributed by atoms with Crippen LogP contribution in [-0.4, -0.2) is 15.8 Å². The zero-order chi connectivity index (χ0) is 13.2. The molecule has 1 aromatic rings. The molecule has 0 bridgehead atoms. The van der Waals surface area contributed by atoms with Crippen LogP contribution in [0.15, 0.2) is 18.2 Å². The minimum Gasteiger partial charge on any atom is -0.387 e. The Morgan fingerprint density at radius 3 is 2.33 bits per heavy atom. The molecule has 18 heavy (non-hydrogen) atoms. The van der Waals surface area contributed by atoms with Gasteiger partial charge in [0.25, 0.3) is 0 Å². The molecule has 3 heteroatoms. The minimum atomic E-state index is -0.991. The molecule has 1 aliphatic rings. The maximum Gasteiger partial charge on any atom is 0.108 e. The van der Waals surface area contributed by atoms with E-state index in [1.165, 1.54) is 0 Å². The first-order chi connectivity index (χ1) is 8.53. The van der Waals surface area contributed by atoms with E-state index in [1.54, 1.807) is 6.07 Å². The molecule has 0 spiro atoms. The normalized spacial score (nSPS) is 21.3. The molecule has 2 nitrogen and oxygen atoms in total. The van der Waals surface area contributed by atoms with Crippen LogP contribution in [0.1, 0.15) is 55.8 Å². The summed E-state index contributed by atoms with van der Waals surface area (Å²) >= 11 is 6.08. The molecule has 0 saturated heterocycles. The van der Waals surface area contributed by atoms with Crippen LogP contribution >= 0.6 is 11.6 Å². The molecule has 100 valence electrons. The first-order valence-corrected chi connectivity index (χ1v) is 7.07. The number of aliphatic hydroxyl groups is 2. The monoisotopic (exact) mass is 268 g/mol. The molecule has 0 heterocycles. The predicted octanol–water partition coefficient (Wildman–Crippen LogP) is 3.77. The highest BCUT2D eigenvalue weighted by atomic mass is 35.5. The van der Waals surface area contributed by atoms with Crippen LogP contribution in [0.2, 0.25) is 5.02 Å². The lowest BCUT2D eigenvalue weighted by molar-refractivity contribution is -0.0867. The summed E-state index contributed by atoms with van der Waals surface area (Å²) in [4.78, 5) is 0. The second-order valence-corrected chi connectivity index (χ2v) is 5.84. The second-order valence-electron chi connectivity index (χ2n) is 5.43. The van der Waals surface area contributed by atoms with Gasteiger partial charge in [0.15, 0.2) is 0 Å². The van der Waals surface area contributed by atoms with Gasteiger partial charge in [-0.2, -0.15) is 0 Å². The van der Waals surface area contributed by atoms with Crippen molar-refractivity contribution in [2.24, 2.45) is 0 Å². The van der Waals surface area contributed by atoms with Crippen molar-refractivity contribution in [2.45, 2.75) is 57.2 Å². The summed E-state index contributed by atoms with van der Waals surface area (Å²) in [6.07, 6.45) is 4.74. The Morgan fingerprint density at radius 1 is 1.17 bits per heavy atom. The van der Waals surface area contributed by atoms with Gasteiger partial charge in [-0.3, -0.25) is 0 Å². The first-order valence-electron chi connectivity index (χ1n) is 6.69. The lowest BCUT2D eigenvalue weighted by Crippen LogP contribution is -2.35. The van der Waals surface area contributed by atoms with Gasteiger partial charge in [0.1, 0.15) is 6.10 Å². The van der Waals surface area contributed by atoms with Crippen molar-refractivity contribution >= 4 is 11.6 Å². The number of halogens is 1. The Morgan fingerprint density at radius 2 is 1.78 bits per heavy atom. The molecule has 0 aliphatic heterocycles. The molecule has 0 radical (unpaired) electrons. The fourth-order valence-electron chi connectivity index (χ4n) is 2.70. The third kappa shape index (κ3) is 2.87. The summed E-state index contributed by atoms with van der Waals surface area (Å²) in [5, 5.41) is 21.7. The number of benzene rings is 1. The van der Waals surface area contributed by atoms with E-state index in [4.69, 9.17) is 11.6 Å². The van der Waals surface area contributed by atoms with E-state index < -0.39 is 11.7 Å². The lowest BCUT2D eigenvalue weighted by atomic mass is 9.84. The van der Waals surface area contributed by atoms with Crippen LogP contribution in [0.25, 0.3) is 0 Å². The van der Waals surface area contributed by atoms with Crippen molar-refractivity contribution in [3.63, 3.8) is 0 Å². The van der Waals surface area contributed by atoms with E-state index in [2.05, 4.69) is 0 Å². The van der Waals surface area contributed by atoms with Crippen LogP contribution in [0.5, 0.6) is 0 Å². The maximum absolute atomic E-state index is 10.6. The standard InChI is InChI=1S/C15H21ClO2/c1-11-6-7-12(10-13(11)16)14(17)15(18)8-4-2-3-5-9-15/h6-7,10,14,17-18H,2-5,8-9H2,1H3. The lowest BCUT2D eigenvalue weighted by Gasteiger charge is -2.32. The molecule has 1 unspecified atom stereocenters. The van der Waals surface area contributed by atoms with Crippen molar-refractivity contribution in [1.82, 2.24) is 0 Å². The molecular weight excluding hydrogens is 248 g/mol. The average molecular weight is 269 g/mol. The van der Waals surface area contributed by atoms with Gasteiger partial charge in [-0.05, 0) is 37.0 Å². The molecule has 2 N–H and O–H groups in total. The highest BCUT2D eigenvalue weighted by Crippen LogP contribution is 2.38. The molecule has 1 fully saturated rings. The fraction of sp³-hybridized carbons (Fsp3) is 0.600. The van der Waals surface area contributed by atoms with E-state index in [0.29, 0.717) is 17.9 Å². The second kappa shape index (κ2) is 5.60. The third-order valence-corrected chi connectivity index (χ3v) is 4.40. The largest absolute Gasteiger partial charge is 0.387 e. The Balaban J connectivity index is 2.22. The summed E-state index contributed by atoms with van der Waals surface area (Å²) in [7, 11) is 0. The van der Waals surface area contributed by atoms with Crippen molar-refractivity contribution < 1.29 is 10.2 Å². The molecule has 0 amide bonds. The van der Waals surface area contributed by atoms with Gasteiger partial charge >= 0.3 is 0 Å². The topological polar surface area (TPSA) is 40.5 Å². The molecule has 2 rings (SSSR count). The Kier molecular flexibility index (Phi) is 4.31. The van der Waals surface area contributed by atoms with Crippen LogP contribution in [0.3, 0.4) is 0 Å². The van der Waals surface area contributed by atoms with Gasteiger partial charge in [0, 0.05) is 5.02 Å². The van der Waals surface area contributed by atoms with E-state index >= 15 is 0 Å². The Hall–Kier alpha value is -0.570. The number of rotatable bonds is 2. The summed E-state index contributed by atoms with van der Waals surface area (Å²) < 4.78 is 0. The maximum atomic E-state index is 10.6. The zero-order valence-corrected chi connectivity index (χ0v) is 11.6. The molecule has 0 aromatic heterocycles. The van der Waals surface area contributed by atoms with Crippen molar-refractivity contribution in [3.05, 3.63) is 34.3 Å². The van der Waals surface area contributed by atoms with Gasteiger partial charge in [0.05, 0.1) is 5.60 Å². The highest BCUT2D eigenvalue weighted by molar-refractivity contribution is 6.31. The van der Waals surface area contributed by atoms with Crippen LogP contribution in [0.4, 0.5) is 0 Å². The molecular formula is C15H21ClO2. The number of aliphatic hydroxyl groups excluding tert-OH is 1. The van der Waals surface area contributed by atoms with E-state index in [0.717, 1.165) is 36.8 Å². The summed E-state index contributed by atoms with van der Waals surface area (Å²) in [5.74, 6) is 0. The van der Waals surface area contributed by atoms with Crippen molar-refractivity contribution in [3.8, 4) is 0 Å².